The van der Waals surface area contributed by atoms with Gasteiger partial charge in [0.15, 0.2) is 5.78 Å². The highest BCUT2D eigenvalue weighted by Gasteiger charge is 2.23. The van der Waals surface area contributed by atoms with Crippen LogP contribution in [0.25, 0.3) is 0 Å². The molecule has 0 spiro atoms. The number of Topliss-reactive ketones (excluding diaryl/α,β-unsaturated/α-hetero) is 1. The van der Waals surface area contributed by atoms with Gasteiger partial charge in [-0.25, -0.2) is 8.78 Å². The molecule has 3 nitrogen and oxygen atoms in total. The van der Waals surface area contributed by atoms with Gasteiger partial charge < -0.3 is 5.32 Å². The number of carbonyl (C=O) groups excluding carboxylic acids is 2. The molecule has 23 heavy (non-hydrogen) atoms. The lowest BCUT2D eigenvalue weighted by atomic mass is 9.95. The van der Waals surface area contributed by atoms with E-state index in [4.69, 9.17) is 0 Å². The Hall–Kier alpha value is -2.08. The second-order valence-electron chi connectivity index (χ2n) is 5.62. The van der Waals surface area contributed by atoms with Crippen molar-refractivity contribution in [2.45, 2.75) is 26.8 Å². The monoisotopic (exact) mass is 337 g/mol. The number of carbonyl (C=O) groups is 2. The third-order valence-corrected chi connectivity index (χ3v) is 4.41. The van der Waals surface area contributed by atoms with Gasteiger partial charge in [0, 0.05) is 22.6 Å². The second kappa shape index (κ2) is 7.00. The summed E-state index contributed by atoms with van der Waals surface area (Å²) in [6, 6.07) is 4.23. The molecule has 0 fully saturated rings. The van der Waals surface area contributed by atoms with Crippen molar-refractivity contribution in [3.8, 4) is 0 Å². The molecule has 0 saturated heterocycles. The van der Waals surface area contributed by atoms with Gasteiger partial charge in [0.05, 0.1) is 10.9 Å². The van der Waals surface area contributed by atoms with Crippen molar-refractivity contribution in [2.75, 3.05) is 0 Å². The van der Waals surface area contributed by atoms with Crippen LogP contribution in [0.1, 0.15) is 52.4 Å². The van der Waals surface area contributed by atoms with E-state index in [1.54, 1.807) is 5.38 Å². The molecule has 0 bridgehead atoms. The normalized spacial score (nSPS) is 12.3. The van der Waals surface area contributed by atoms with E-state index in [1.165, 1.54) is 25.1 Å². The number of hydrogen-bond acceptors (Lipinski definition) is 3. The molecule has 1 amide bonds. The lowest BCUT2D eigenvalue weighted by Crippen LogP contribution is -2.32. The predicted octanol–water partition coefficient (Wildman–Crippen LogP) is 4.36. The highest BCUT2D eigenvalue weighted by atomic mass is 32.1. The smallest absolute Gasteiger partial charge is 0.261 e. The molecule has 2 rings (SSSR count). The van der Waals surface area contributed by atoms with E-state index in [-0.39, 0.29) is 23.2 Å². The van der Waals surface area contributed by atoms with Crippen molar-refractivity contribution in [3.63, 3.8) is 0 Å². The average Bonchev–Trinajstić information content (AvgIpc) is 2.95. The van der Waals surface area contributed by atoms with Gasteiger partial charge in [0.25, 0.3) is 5.91 Å². The van der Waals surface area contributed by atoms with Crippen molar-refractivity contribution >= 4 is 23.0 Å². The molecule has 1 atom stereocenters. The first-order valence-electron chi connectivity index (χ1n) is 7.15. The minimum absolute atomic E-state index is 0.0915. The van der Waals surface area contributed by atoms with E-state index in [1.807, 2.05) is 13.8 Å². The van der Waals surface area contributed by atoms with E-state index in [0.717, 1.165) is 17.4 Å². The van der Waals surface area contributed by atoms with Crippen LogP contribution in [0, 0.1) is 17.6 Å². The first-order valence-corrected chi connectivity index (χ1v) is 8.03. The number of ketones is 1. The molecule has 1 N–H and O–H groups in total. The van der Waals surface area contributed by atoms with Gasteiger partial charge in [-0.3, -0.25) is 9.59 Å². The molecule has 1 heterocycles. The van der Waals surface area contributed by atoms with E-state index in [9.17, 15) is 18.4 Å². The summed E-state index contributed by atoms with van der Waals surface area (Å²) in [5, 5.41) is 4.37. The largest absolute Gasteiger partial charge is 0.344 e. The predicted molar refractivity (Wildman–Crippen MR) is 85.7 cm³/mol. The van der Waals surface area contributed by atoms with Gasteiger partial charge in [-0.1, -0.05) is 19.9 Å². The Morgan fingerprint density at radius 2 is 1.87 bits per heavy atom. The van der Waals surface area contributed by atoms with Crippen LogP contribution in [0.15, 0.2) is 29.6 Å². The van der Waals surface area contributed by atoms with Crippen LogP contribution in [0.2, 0.25) is 0 Å². The third-order valence-electron chi connectivity index (χ3n) is 3.48. The highest BCUT2D eigenvalue weighted by Crippen LogP contribution is 2.26. The molecular formula is C17H17F2NO2S. The van der Waals surface area contributed by atoms with Crippen molar-refractivity contribution in [1.29, 1.82) is 0 Å². The number of benzene rings is 1. The standard InChI is InChI=1S/C17H17F2NO2S/c1-9(2)16(13-5-4-12(18)7-14(13)19)20-17(22)15-6-11(8-23-15)10(3)21/h4-9,16H,1-3H3,(H,20,22)/t16-/m1/s1. The number of nitrogens with one attached hydrogen (secondary N) is 1. The first kappa shape index (κ1) is 17.3. The van der Waals surface area contributed by atoms with Gasteiger partial charge in [0.2, 0.25) is 0 Å². The average molecular weight is 337 g/mol. The summed E-state index contributed by atoms with van der Waals surface area (Å²) in [5.41, 5.74) is 0.701. The molecule has 0 aliphatic rings. The maximum absolute atomic E-state index is 14.0. The van der Waals surface area contributed by atoms with Gasteiger partial charge in [0.1, 0.15) is 11.6 Å². The number of thiophene rings is 1. The Kier molecular flexibility index (Phi) is 5.26. The van der Waals surface area contributed by atoms with Gasteiger partial charge >= 0.3 is 0 Å². The van der Waals surface area contributed by atoms with Gasteiger partial charge in [-0.2, -0.15) is 0 Å². The summed E-state index contributed by atoms with van der Waals surface area (Å²) < 4.78 is 27.1. The minimum Gasteiger partial charge on any atom is -0.344 e. The Morgan fingerprint density at radius 1 is 1.17 bits per heavy atom. The second-order valence-corrected chi connectivity index (χ2v) is 6.53. The van der Waals surface area contributed by atoms with Crippen LogP contribution in [0.4, 0.5) is 8.78 Å². The summed E-state index contributed by atoms with van der Waals surface area (Å²) in [4.78, 5) is 24.0. The topological polar surface area (TPSA) is 46.2 Å². The minimum atomic E-state index is -0.695. The van der Waals surface area contributed by atoms with Crippen LogP contribution >= 0.6 is 11.3 Å². The third kappa shape index (κ3) is 4.01. The maximum atomic E-state index is 14.0. The van der Waals surface area contributed by atoms with Crippen molar-refractivity contribution in [3.05, 3.63) is 57.3 Å². The Bertz CT molecular complexity index is 740. The van der Waals surface area contributed by atoms with E-state index < -0.39 is 17.7 Å². The SMILES string of the molecule is CC(=O)c1csc(C(=O)N[C@@H](c2ccc(F)cc2F)C(C)C)c1. The Labute approximate surface area is 137 Å². The van der Waals surface area contributed by atoms with Crippen molar-refractivity contribution in [2.24, 2.45) is 5.92 Å². The zero-order chi connectivity index (χ0) is 17.1. The van der Waals surface area contributed by atoms with E-state index in [2.05, 4.69) is 5.32 Å². The molecule has 0 aliphatic carbocycles. The van der Waals surface area contributed by atoms with Crippen molar-refractivity contribution < 1.29 is 18.4 Å². The molecule has 2 aromatic rings. The Balaban J connectivity index is 2.25. The lowest BCUT2D eigenvalue weighted by Gasteiger charge is -2.23. The number of rotatable bonds is 5. The molecule has 6 heteroatoms. The molecular weight excluding hydrogens is 320 g/mol. The number of hydrogen-bond donors (Lipinski definition) is 1. The number of amides is 1. The van der Waals surface area contributed by atoms with Crippen LogP contribution in [-0.4, -0.2) is 11.7 Å². The molecule has 1 aromatic heterocycles. The highest BCUT2D eigenvalue weighted by molar-refractivity contribution is 7.12. The summed E-state index contributed by atoms with van der Waals surface area (Å²) in [6.07, 6.45) is 0. The summed E-state index contributed by atoms with van der Waals surface area (Å²) in [5.74, 6) is -1.95. The fraction of sp³-hybridized carbons (Fsp3) is 0.294. The molecule has 0 saturated carbocycles. The maximum Gasteiger partial charge on any atom is 0.261 e. The van der Waals surface area contributed by atoms with Crippen LogP contribution < -0.4 is 5.32 Å². The zero-order valence-electron chi connectivity index (χ0n) is 13.0. The van der Waals surface area contributed by atoms with E-state index >= 15 is 0 Å². The molecule has 0 radical (unpaired) electrons. The fourth-order valence-electron chi connectivity index (χ4n) is 2.21. The first-order chi connectivity index (χ1) is 10.8. The summed E-state index contributed by atoms with van der Waals surface area (Å²) >= 11 is 1.15. The Morgan fingerprint density at radius 3 is 2.39 bits per heavy atom. The zero-order valence-corrected chi connectivity index (χ0v) is 13.8. The van der Waals surface area contributed by atoms with Crippen LogP contribution in [-0.2, 0) is 0 Å². The molecule has 0 aliphatic heterocycles. The number of halogens is 2. The molecule has 1 aromatic carbocycles. The van der Waals surface area contributed by atoms with E-state index in [0.29, 0.717) is 10.4 Å². The van der Waals surface area contributed by atoms with Crippen molar-refractivity contribution in [1.82, 2.24) is 5.32 Å². The lowest BCUT2D eigenvalue weighted by molar-refractivity contribution is 0.0929. The fourth-order valence-corrected chi connectivity index (χ4v) is 3.06. The molecule has 0 unspecified atom stereocenters. The summed E-state index contributed by atoms with van der Waals surface area (Å²) in [6.45, 7) is 5.10. The van der Waals surface area contributed by atoms with Gasteiger partial charge in [-0.15, -0.1) is 11.3 Å². The van der Waals surface area contributed by atoms with Gasteiger partial charge in [-0.05, 0) is 25.0 Å². The van der Waals surface area contributed by atoms with Crippen LogP contribution in [0.5, 0.6) is 0 Å². The quantitative estimate of drug-likeness (QED) is 0.824. The molecule has 122 valence electrons. The summed E-state index contributed by atoms with van der Waals surface area (Å²) in [7, 11) is 0. The van der Waals surface area contributed by atoms with Crippen LogP contribution in [0.3, 0.4) is 0 Å².